The summed E-state index contributed by atoms with van der Waals surface area (Å²) < 4.78 is 26.5. The van der Waals surface area contributed by atoms with Crippen molar-refractivity contribution in [3.05, 3.63) is 29.8 Å². The molecular formula is C11H16BrNO2S. The predicted octanol–water partition coefficient (Wildman–Crippen LogP) is 2.45. The molecule has 0 aliphatic heterocycles. The summed E-state index contributed by atoms with van der Waals surface area (Å²) >= 11 is 3.35. The summed E-state index contributed by atoms with van der Waals surface area (Å²) in [5.74, 6) is 0. The van der Waals surface area contributed by atoms with E-state index in [4.69, 9.17) is 0 Å². The van der Waals surface area contributed by atoms with Crippen LogP contribution in [0.15, 0.2) is 29.2 Å². The van der Waals surface area contributed by atoms with Gasteiger partial charge in [-0.2, -0.15) is 0 Å². The number of halogens is 1. The smallest absolute Gasteiger partial charge is 0.207 e. The van der Waals surface area contributed by atoms with Crippen LogP contribution in [0.1, 0.15) is 19.4 Å². The van der Waals surface area contributed by atoms with Gasteiger partial charge >= 0.3 is 0 Å². The number of hydrogen-bond acceptors (Lipinski definition) is 2. The lowest BCUT2D eigenvalue weighted by Gasteiger charge is -2.16. The van der Waals surface area contributed by atoms with Crippen LogP contribution in [0.25, 0.3) is 0 Å². The Hall–Kier alpha value is -0.390. The quantitative estimate of drug-likeness (QED) is 0.869. The summed E-state index contributed by atoms with van der Waals surface area (Å²) in [7, 11) is -3.40. The molecule has 0 bridgehead atoms. The van der Waals surface area contributed by atoms with E-state index in [-0.39, 0.29) is 10.9 Å². The second kappa shape index (κ2) is 5.29. The van der Waals surface area contributed by atoms with Gasteiger partial charge in [0, 0.05) is 10.9 Å². The lowest BCUT2D eigenvalue weighted by Crippen LogP contribution is -2.37. The average Bonchev–Trinajstić information content (AvgIpc) is 2.17. The molecule has 3 nitrogen and oxygen atoms in total. The number of aryl methyl sites for hydroxylation is 1. The normalized spacial score (nSPS) is 15.8. The van der Waals surface area contributed by atoms with E-state index in [1.165, 1.54) is 0 Å². The van der Waals surface area contributed by atoms with Crippen molar-refractivity contribution in [2.24, 2.45) is 0 Å². The van der Waals surface area contributed by atoms with Gasteiger partial charge in [0.2, 0.25) is 10.0 Å². The largest absolute Gasteiger partial charge is 0.240 e. The van der Waals surface area contributed by atoms with Gasteiger partial charge < -0.3 is 0 Å². The highest BCUT2D eigenvalue weighted by molar-refractivity contribution is 9.09. The topological polar surface area (TPSA) is 46.2 Å². The van der Waals surface area contributed by atoms with Crippen LogP contribution in [-0.2, 0) is 10.0 Å². The standard InChI is InChI=1S/C11H16BrNO2S/c1-8-4-6-11(7-5-8)16(14,15)13-10(3)9(2)12/h4-7,9-10,13H,1-3H3. The Morgan fingerprint density at radius 3 is 2.12 bits per heavy atom. The molecule has 1 aromatic carbocycles. The minimum atomic E-state index is -3.40. The van der Waals surface area contributed by atoms with Crippen LogP contribution < -0.4 is 4.72 Å². The Morgan fingerprint density at radius 2 is 1.69 bits per heavy atom. The van der Waals surface area contributed by atoms with E-state index in [1.54, 1.807) is 24.3 Å². The third-order valence-electron chi connectivity index (χ3n) is 2.36. The number of alkyl halides is 1. The molecule has 0 saturated heterocycles. The summed E-state index contributed by atoms with van der Waals surface area (Å²) in [6, 6.07) is 6.66. The highest BCUT2D eigenvalue weighted by Crippen LogP contribution is 2.12. The van der Waals surface area contributed by atoms with Gasteiger partial charge in [0.1, 0.15) is 0 Å². The van der Waals surface area contributed by atoms with E-state index < -0.39 is 10.0 Å². The molecule has 1 aromatic rings. The molecule has 0 radical (unpaired) electrons. The van der Waals surface area contributed by atoms with E-state index >= 15 is 0 Å². The minimum absolute atomic E-state index is 0.0905. The van der Waals surface area contributed by atoms with E-state index in [0.29, 0.717) is 4.90 Å². The molecule has 16 heavy (non-hydrogen) atoms. The van der Waals surface area contributed by atoms with Crippen LogP contribution >= 0.6 is 15.9 Å². The zero-order valence-corrected chi connectivity index (χ0v) is 12.0. The lowest BCUT2D eigenvalue weighted by atomic mass is 10.2. The molecule has 0 spiro atoms. The van der Waals surface area contributed by atoms with Gasteiger partial charge in [-0.05, 0) is 26.0 Å². The Morgan fingerprint density at radius 1 is 1.19 bits per heavy atom. The SMILES string of the molecule is Cc1ccc(S(=O)(=O)NC(C)C(C)Br)cc1. The molecule has 5 heteroatoms. The van der Waals surface area contributed by atoms with Crippen molar-refractivity contribution in [1.82, 2.24) is 4.72 Å². The van der Waals surface area contributed by atoms with Gasteiger partial charge in [0.25, 0.3) is 0 Å². The van der Waals surface area contributed by atoms with Crippen molar-refractivity contribution in [3.63, 3.8) is 0 Å². The highest BCUT2D eigenvalue weighted by atomic mass is 79.9. The number of sulfonamides is 1. The highest BCUT2D eigenvalue weighted by Gasteiger charge is 2.19. The zero-order chi connectivity index (χ0) is 12.3. The second-order valence-corrected chi connectivity index (χ2v) is 7.06. The average molecular weight is 306 g/mol. The third kappa shape index (κ3) is 3.57. The van der Waals surface area contributed by atoms with Gasteiger partial charge in [-0.15, -0.1) is 0 Å². The minimum Gasteiger partial charge on any atom is -0.207 e. The van der Waals surface area contributed by atoms with E-state index in [9.17, 15) is 8.42 Å². The summed E-state index contributed by atoms with van der Waals surface area (Å²) in [6.45, 7) is 5.65. The first kappa shape index (κ1) is 13.7. The maximum atomic E-state index is 11.9. The molecule has 0 amide bonds. The summed E-state index contributed by atoms with van der Waals surface area (Å²) in [4.78, 5) is 0.394. The van der Waals surface area contributed by atoms with Crippen LogP contribution in [-0.4, -0.2) is 19.3 Å². The Balaban J connectivity index is 2.90. The summed E-state index contributed by atoms with van der Waals surface area (Å²) in [5, 5.41) is 0. The molecule has 1 rings (SSSR count). The molecule has 2 unspecified atom stereocenters. The maximum Gasteiger partial charge on any atom is 0.240 e. The van der Waals surface area contributed by atoms with Crippen molar-refractivity contribution in [1.29, 1.82) is 0 Å². The van der Waals surface area contributed by atoms with Crippen molar-refractivity contribution in [3.8, 4) is 0 Å². The summed E-state index contributed by atoms with van der Waals surface area (Å²) in [5.41, 5.74) is 1.04. The van der Waals surface area contributed by atoms with Crippen molar-refractivity contribution < 1.29 is 8.42 Å². The number of nitrogens with one attached hydrogen (secondary N) is 1. The number of hydrogen-bond donors (Lipinski definition) is 1. The first-order valence-corrected chi connectivity index (χ1v) is 7.46. The molecule has 0 saturated carbocycles. The molecule has 0 aromatic heterocycles. The Kier molecular flexibility index (Phi) is 4.52. The van der Waals surface area contributed by atoms with Gasteiger partial charge in [-0.1, -0.05) is 40.5 Å². The van der Waals surface area contributed by atoms with Crippen LogP contribution in [0.5, 0.6) is 0 Å². The molecule has 90 valence electrons. The van der Waals surface area contributed by atoms with Gasteiger partial charge in [0.15, 0.2) is 0 Å². The molecule has 0 aliphatic carbocycles. The molecule has 0 fully saturated rings. The Labute approximate surface area is 105 Å². The molecular weight excluding hydrogens is 290 g/mol. The zero-order valence-electron chi connectivity index (χ0n) is 9.57. The third-order valence-corrected chi connectivity index (χ3v) is 4.73. The molecule has 1 N–H and O–H groups in total. The fourth-order valence-electron chi connectivity index (χ4n) is 1.12. The van der Waals surface area contributed by atoms with Gasteiger partial charge in [0.05, 0.1) is 4.90 Å². The van der Waals surface area contributed by atoms with Crippen molar-refractivity contribution in [2.75, 3.05) is 0 Å². The van der Waals surface area contributed by atoms with Crippen molar-refractivity contribution >= 4 is 26.0 Å². The monoisotopic (exact) mass is 305 g/mol. The first-order chi connectivity index (χ1) is 7.33. The van der Waals surface area contributed by atoms with Gasteiger partial charge in [-0.3, -0.25) is 0 Å². The van der Waals surface area contributed by atoms with E-state index in [1.807, 2.05) is 20.8 Å². The van der Waals surface area contributed by atoms with Crippen LogP contribution in [0.4, 0.5) is 0 Å². The fourth-order valence-corrected chi connectivity index (χ4v) is 2.76. The first-order valence-electron chi connectivity index (χ1n) is 5.06. The molecule has 0 aliphatic rings. The maximum absolute atomic E-state index is 11.9. The van der Waals surface area contributed by atoms with Crippen LogP contribution in [0.2, 0.25) is 0 Å². The second-order valence-electron chi connectivity index (χ2n) is 3.90. The lowest BCUT2D eigenvalue weighted by molar-refractivity contribution is 0.560. The van der Waals surface area contributed by atoms with E-state index in [2.05, 4.69) is 20.7 Å². The van der Waals surface area contributed by atoms with E-state index in [0.717, 1.165) is 5.56 Å². The summed E-state index contributed by atoms with van der Waals surface area (Å²) in [6.07, 6.45) is 0. The Bertz CT molecular complexity index is 440. The van der Waals surface area contributed by atoms with Crippen LogP contribution in [0, 0.1) is 6.92 Å². The van der Waals surface area contributed by atoms with Gasteiger partial charge in [-0.25, -0.2) is 13.1 Å². The number of rotatable bonds is 4. The molecule has 2 atom stereocenters. The predicted molar refractivity (Wildman–Crippen MR) is 69.4 cm³/mol. The molecule has 0 heterocycles. The fraction of sp³-hybridized carbons (Fsp3) is 0.455. The van der Waals surface area contributed by atoms with Crippen LogP contribution in [0.3, 0.4) is 0 Å². The number of benzene rings is 1. The van der Waals surface area contributed by atoms with Crippen molar-refractivity contribution in [2.45, 2.75) is 36.5 Å².